The Morgan fingerprint density at radius 3 is 2.62 bits per heavy atom. The molecule has 1 aliphatic heterocycles. The maximum absolute atomic E-state index is 12.6. The minimum absolute atomic E-state index is 0.318. The molecule has 0 N–H and O–H groups in total. The molecule has 0 atom stereocenters. The van der Waals surface area contributed by atoms with Crippen molar-refractivity contribution in [2.24, 2.45) is 0 Å². The summed E-state index contributed by atoms with van der Waals surface area (Å²) >= 11 is 7.75. The van der Waals surface area contributed by atoms with E-state index in [4.69, 9.17) is 31.0 Å². The maximum atomic E-state index is 12.6. The monoisotopic (exact) mass is 495 g/mol. The Labute approximate surface area is 207 Å². The van der Waals surface area contributed by atoms with Crippen molar-refractivity contribution in [1.29, 1.82) is 0 Å². The molecule has 1 aliphatic rings. The molecule has 0 amide bonds. The van der Waals surface area contributed by atoms with E-state index in [1.165, 1.54) is 30.6 Å². The van der Waals surface area contributed by atoms with Crippen molar-refractivity contribution in [3.8, 4) is 11.6 Å². The summed E-state index contributed by atoms with van der Waals surface area (Å²) in [5.74, 6) is 1.46. The Balaban J connectivity index is 1.62. The van der Waals surface area contributed by atoms with Gasteiger partial charge < -0.3 is 9.47 Å². The SMILES string of the molecule is CCOC(=O)c1sc2nc(CN3CCCCC3)nc(Oc3ccc(Cl)c4ccccc34)c2c1C. The second kappa shape index (κ2) is 9.86. The van der Waals surface area contributed by atoms with E-state index in [0.29, 0.717) is 40.5 Å². The lowest BCUT2D eigenvalue weighted by Crippen LogP contribution is -2.29. The summed E-state index contributed by atoms with van der Waals surface area (Å²) < 4.78 is 11.7. The molecule has 0 saturated carbocycles. The summed E-state index contributed by atoms with van der Waals surface area (Å²) in [6.45, 7) is 6.74. The van der Waals surface area contributed by atoms with E-state index >= 15 is 0 Å². The molecular weight excluding hydrogens is 470 g/mol. The molecule has 0 aliphatic carbocycles. The first kappa shape index (κ1) is 23.0. The number of esters is 1. The van der Waals surface area contributed by atoms with Crippen LogP contribution in [-0.2, 0) is 11.3 Å². The van der Waals surface area contributed by atoms with Gasteiger partial charge in [0.25, 0.3) is 0 Å². The van der Waals surface area contributed by atoms with E-state index in [9.17, 15) is 4.79 Å². The zero-order chi connectivity index (χ0) is 23.7. The number of carbonyl (C=O) groups excluding carboxylic acids is 1. The molecule has 176 valence electrons. The van der Waals surface area contributed by atoms with Crippen LogP contribution in [0.1, 0.15) is 47.2 Å². The number of hydrogen-bond donors (Lipinski definition) is 0. The molecule has 1 saturated heterocycles. The smallest absolute Gasteiger partial charge is 0.348 e. The summed E-state index contributed by atoms with van der Waals surface area (Å²) in [6, 6.07) is 11.5. The van der Waals surface area contributed by atoms with Gasteiger partial charge in [-0.15, -0.1) is 11.3 Å². The van der Waals surface area contributed by atoms with Crippen molar-refractivity contribution < 1.29 is 14.3 Å². The quantitative estimate of drug-likeness (QED) is 0.275. The maximum Gasteiger partial charge on any atom is 0.348 e. The van der Waals surface area contributed by atoms with Gasteiger partial charge in [-0.1, -0.05) is 42.3 Å². The molecule has 1 fully saturated rings. The summed E-state index contributed by atoms with van der Waals surface area (Å²) in [5, 5.41) is 3.22. The van der Waals surface area contributed by atoms with Gasteiger partial charge in [-0.05, 0) is 57.5 Å². The number of likely N-dealkylation sites (tertiary alicyclic amines) is 1. The van der Waals surface area contributed by atoms with Gasteiger partial charge >= 0.3 is 5.97 Å². The van der Waals surface area contributed by atoms with Crippen LogP contribution in [0, 0.1) is 6.92 Å². The highest BCUT2D eigenvalue weighted by atomic mass is 35.5. The topological polar surface area (TPSA) is 64.5 Å². The Morgan fingerprint density at radius 2 is 1.85 bits per heavy atom. The van der Waals surface area contributed by atoms with E-state index in [-0.39, 0.29) is 5.97 Å². The third-order valence-corrected chi connectivity index (χ3v) is 7.61. The average Bonchev–Trinajstić information content (AvgIpc) is 3.18. The van der Waals surface area contributed by atoms with Crippen LogP contribution >= 0.6 is 22.9 Å². The third-order valence-electron chi connectivity index (χ3n) is 6.12. The highest BCUT2D eigenvalue weighted by Gasteiger charge is 2.24. The highest BCUT2D eigenvalue weighted by Crippen LogP contribution is 2.40. The highest BCUT2D eigenvalue weighted by molar-refractivity contribution is 7.20. The lowest BCUT2D eigenvalue weighted by molar-refractivity contribution is 0.0531. The van der Waals surface area contributed by atoms with Crippen molar-refractivity contribution in [3.63, 3.8) is 0 Å². The van der Waals surface area contributed by atoms with Crippen LogP contribution in [0.5, 0.6) is 11.6 Å². The zero-order valence-corrected chi connectivity index (χ0v) is 20.8. The standard InChI is InChI=1S/C26H26ClN3O3S/c1-3-32-26(31)23-16(2)22-24(33-20-12-11-19(27)17-9-5-6-10-18(17)20)28-21(29-25(22)34-23)15-30-13-7-4-8-14-30/h5-6,9-12H,3-4,7-8,13-15H2,1-2H3. The van der Waals surface area contributed by atoms with Gasteiger partial charge in [-0.25, -0.2) is 9.78 Å². The number of aromatic nitrogens is 2. The van der Waals surface area contributed by atoms with Crippen LogP contribution in [0.15, 0.2) is 36.4 Å². The van der Waals surface area contributed by atoms with Crippen LogP contribution in [-0.4, -0.2) is 40.5 Å². The molecule has 6 nitrogen and oxygen atoms in total. The fourth-order valence-electron chi connectivity index (χ4n) is 4.43. The van der Waals surface area contributed by atoms with Gasteiger partial charge in [0.15, 0.2) is 0 Å². The van der Waals surface area contributed by atoms with Crippen LogP contribution in [0.4, 0.5) is 0 Å². The number of thiophene rings is 1. The second-order valence-corrected chi connectivity index (χ2v) is 9.84. The Morgan fingerprint density at radius 1 is 1.09 bits per heavy atom. The number of piperidine rings is 1. The van der Waals surface area contributed by atoms with E-state index in [2.05, 4.69) is 4.90 Å². The number of rotatable bonds is 6. The molecule has 8 heteroatoms. The summed E-state index contributed by atoms with van der Waals surface area (Å²) in [5.41, 5.74) is 0.774. The Kier molecular flexibility index (Phi) is 6.68. The van der Waals surface area contributed by atoms with Crippen molar-refractivity contribution in [1.82, 2.24) is 14.9 Å². The Bertz CT molecular complexity index is 1360. The summed E-state index contributed by atoms with van der Waals surface area (Å²) in [4.78, 5) is 25.9. The minimum Gasteiger partial charge on any atom is -0.462 e. The molecule has 0 spiro atoms. The van der Waals surface area contributed by atoms with Gasteiger partial charge in [-0.2, -0.15) is 4.98 Å². The fourth-order valence-corrected chi connectivity index (χ4v) is 5.74. The Hall–Kier alpha value is -2.74. The van der Waals surface area contributed by atoms with E-state index in [1.807, 2.05) is 43.3 Å². The van der Waals surface area contributed by atoms with Gasteiger partial charge in [0.05, 0.1) is 18.5 Å². The van der Waals surface area contributed by atoms with Gasteiger partial charge in [0, 0.05) is 15.8 Å². The van der Waals surface area contributed by atoms with Gasteiger partial charge in [-0.3, -0.25) is 4.90 Å². The molecule has 2 aromatic heterocycles. The molecule has 3 heterocycles. The molecule has 0 unspecified atom stereocenters. The summed E-state index contributed by atoms with van der Waals surface area (Å²) in [7, 11) is 0. The summed E-state index contributed by atoms with van der Waals surface area (Å²) in [6.07, 6.45) is 3.64. The van der Waals surface area contributed by atoms with Crippen molar-refractivity contribution in [3.05, 3.63) is 57.7 Å². The first-order valence-corrected chi connectivity index (χ1v) is 12.8. The number of carbonyl (C=O) groups is 1. The largest absolute Gasteiger partial charge is 0.462 e. The molecule has 0 bridgehead atoms. The van der Waals surface area contributed by atoms with Crippen molar-refractivity contribution in [2.75, 3.05) is 19.7 Å². The second-order valence-electron chi connectivity index (χ2n) is 8.43. The molecule has 5 rings (SSSR count). The van der Waals surface area contributed by atoms with Gasteiger partial charge in [0.1, 0.15) is 21.3 Å². The lowest BCUT2D eigenvalue weighted by atomic mass is 10.1. The molecular formula is C26H26ClN3O3S. The number of ether oxygens (including phenoxy) is 2. The average molecular weight is 496 g/mol. The first-order chi connectivity index (χ1) is 16.5. The normalized spacial score (nSPS) is 14.6. The van der Waals surface area contributed by atoms with Crippen LogP contribution in [0.3, 0.4) is 0 Å². The zero-order valence-electron chi connectivity index (χ0n) is 19.3. The van der Waals surface area contributed by atoms with E-state index < -0.39 is 0 Å². The van der Waals surface area contributed by atoms with Crippen molar-refractivity contribution in [2.45, 2.75) is 39.7 Å². The predicted molar refractivity (Wildman–Crippen MR) is 136 cm³/mol. The van der Waals surface area contributed by atoms with E-state index in [0.717, 1.165) is 39.6 Å². The number of fused-ring (bicyclic) bond motifs is 2. The van der Waals surface area contributed by atoms with Crippen molar-refractivity contribution >= 4 is 49.9 Å². The van der Waals surface area contributed by atoms with E-state index in [1.54, 1.807) is 6.92 Å². The predicted octanol–water partition coefficient (Wildman–Crippen LogP) is 6.76. The van der Waals surface area contributed by atoms with Crippen LogP contribution in [0.25, 0.3) is 21.0 Å². The number of halogens is 1. The number of hydrogen-bond acceptors (Lipinski definition) is 7. The number of benzene rings is 2. The van der Waals surface area contributed by atoms with Gasteiger partial charge in [0.2, 0.25) is 5.88 Å². The molecule has 34 heavy (non-hydrogen) atoms. The number of nitrogens with zero attached hydrogens (tertiary/aromatic N) is 3. The third kappa shape index (κ3) is 4.48. The molecule has 4 aromatic rings. The molecule has 2 aromatic carbocycles. The lowest BCUT2D eigenvalue weighted by Gasteiger charge is -2.25. The van der Waals surface area contributed by atoms with Crippen LogP contribution < -0.4 is 4.74 Å². The molecule has 0 radical (unpaired) electrons. The first-order valence-electron chi connectivity index (χ1n) is 11.6. The van der Waals surface area contributed by atoms with Crippen LogP contribution in [0.2, 0.25) is 5.02 Å². The minimum atomic E-state index is -0.344. The fraction of sp³-hybridized carbons (Fsp3) is 0.346. The number of aryl methyl sites for hydroxylation is 1.